The predicted octanol–water partition coefficient (Wildman–Crippen LogP) is 3.37. The van der Waals surface area contributed by atoms with Gasteiger partial charge in [0.1, 0.15) is 11.1 Å². The Morgan fingerprint density at radius 2 is 2.16 bits per heavy atom. The number of carbonyl (C=O) groups excluding carboxylic acids is 1. The molecule has 1 aliphatic heterocycles. The second-order valence-electron chi connectivity index (χ2n) is 8.06. The van der Waals surface area contributed by atoms with Crippen LogP contribution in [0.1, 0.15) is 54.5 Å². The SMILES string of the molecule is C[C@@H](Sc1nnc(C[C@@H]2CCS(=O)(=O)C2)o1)C(=O)Nc1sc2c(c1C#N)CCCCC2. The fourth-order valence-electron chi connectivity index (χ4n) is 4.02. The number of carbonyl (C=O) groups is 1. The molecule has 2 aromatic rings. The molecule has 11 heteroatoms. The number of nitrogens with zero attached hydrogens (tertiary/aromatic N) is 3. The van der Waals surface area contributed by atoms with E-state index in [1.165, 1.54) is 22.6 Å². The standard InChI is InChI=1S/C20H24N4O4S3/c1-12(29-20-24-23-17(28-20)9-13-7-8-31(26,27)11-13)18(25)22-19-15(10-21)14-5-3-2-4-6-16(14)30-19/h12-13H,2-9,11H2,1H3,(H,22,25)/t12-,13+/m1/s1. The number of rotatable bonds is 6. The molecule has 8 nitrogen and oxygen atoms in total. The van der Waals surface area contributed by atoms with Crippen LogP contribution in [0, 0.1) is 17.2 Å². The van der Waals surface area contributed by atoms with Crippen molar-refractivity contribution in [2.75, 3.05) is 16.8 Å². The Bertz CT molecular complexity index is 1120. The molecule has 1 saturated heterocycles. The van der Waals surface area contributed by atoms with Crippen molar-refractivity contribution < 1.29 is 17.6 Å². The second kappa shape index (κ2) is 9.30. The third-order valence-electron chi connectivity index (χ3n) is 5.66. The minimum Gasteiger partial charge on any atom is -0.416 e. The van der Waals surface area contributed by atoms with Crippen molar-refractivity contribution >= 4 is 43.8 Å². The highest BCUT2D eigenvalue weighted by Gasteiger charge is 2.30. The first-order valence-electron chi connectivity index (χ1n) is 10.4. The maximum absolute atomic E-state index is 12.7. The lowest BCUT2D eigenvalue weighted by Gasteiger charge is -2.09. The van der Waals surface area contributed by atoms with Crippen LogP contribution < -0.4 is 5.32 Å². The highest BCUT2D eigenvalue weighted by Crippen LogP contribution is 2.37. The summed E-state index contributed by atoms with van der Waals surface area (Å²) in [4.78, 5) is 13.9. The Kier molecular flexibility index (Phi) is 6.69. The lowest BCUT2D eigenvalue weighted by Crippen LogP contribution is -2.22. The molecule has 0 aromatic carbocycles. The molecule has 1 fully saturated rings. The lowest BCUT2D eigenvalue weighted by molar-refractivity contribution is -0.115. The monoisotopic (exact) mass is 480 g/mol. The molecule has 2 aromatic heterocycles. The normalized spacial score (nSPS) is 21.1. The molecule has 0 saturated carbocycles. The van der Waals surface area contributed by atoms with Gasteiger partial charge in [0, 0.05) is 11.3 Å². The number of thiophene rings is 1. The molecule has 0 unspecified atom stereocenters. The molecule has 31 heavy (non-hydrogen) atoms. The smallest absolute Gasteiger partial charge is 0.277 e. The summed E-state index contributed by atoms with van der Waals surface area (Å²) in [5.41, 5.74) is 1.69. The zero-order valence-corrected chi connectivity index (χ0v) is 19.7. The predicted molar refractivity (Wildman–Crippen MR) is 119 cm³/mol. The molecule has 2 atom stereocenters. The zero-order valence-electron chi connectivity index (χ0n) is 17.2. The van der Waals surface area contributed by atoms with Crippen molar-refractivity contribution in [2.24, 2.45) is 5.92 Å². The molecule has 0 spiro atoms. The third kappa shape index (κ3) is 5.30. The summed E-state index contributed by atoms with van der Waals surface area (Å²) in [6, 6.07) is 2.27. The average molecular weight is 481 g/mol. The van der Waals surface area contributed by atoms with Gasteiger partial charge in [-0.2, -0.15) is 5.26 Å². The van der Waals surface area contributed by atoms with Crippen molar-refractivity contribution in [2.45, 2.75) is 62.3 Å². The minimum absolute atomic E-state index is 0.00230. The van der Waals surface area contributed by atoms with Crippen LogP contribution >= 0.6 is 23.1 Å². The summed E-state index contributed by atoms with van der Waals surface area (Å²) in [5, 5.41) is 20.9. The van der Waals surface area contributed by atoms with Crippen LogP contribution in [0.3, 0.4) is 0 Å². The van der Waals surface area contributed by atoms with E-state index in [-0.39, 0.29) is 28.6 Å². The van der Waals surface area contributed by atoms with Gasteiger partial charge in [0.05, 0.1) is 22.3 Å². The Labute approximate surface area is 189 Å². The van der Waals surface area contributed by atoms with E-state index in [1.807, 2.05) is 0 Å². The van der Waals surface area contributed by atoms with Gasteiger partial charge in [-0.25, -0.2) is 8.42 Å². The van der Waals surface area contributed by atoms with Gasteiger partial charge in [-0.15, -0.1) is 21.5 Å². The van der Waals surface area contributed by atoms with Gasteiger partial charge in [0.25, 0.3) is 5.22 Å². The molecule has 1 N–H and O–H groups in total. The van der Waals surface area contributed by atoms with E-state index < -0.39 is 15.1 Å². The molecule has 2 aliphatic rings. The van der Waals surface area contributed by atoms with Gasteiger partial charge in [-0.3, -0.25) is 4.79 Å². The number of hydrogen-bond acceptors (Lipinski definition) is 9. The van der Waals surface area contributed by atoms with Crippen molar-refractivity contribution in [1.29, 1.82) is 5.26 Å². The molecular formula is C20H24N4O4S3. The minimum atomic E-state index is -2.95. The Balaban J connectivity index is 1.36. The van der Waals surface area contributed by atoms with E-state index in [0.29, 0.717) is 29.3 Å². The van der Waals surface area contributed by atoms with Crippen LogP contribution in [0.15, 0.2) is 9.64 Å². The first kappa shape index (κ1) is 22.3. The number of fused-ring (bicyclic) bond motifs is 1. The number of thioether (sulfide) groups is 1. The second-order valence-corrected chi connectivity index (χ2v) is 12.7. The molecule has 1 aliphatic carbocycles. The van der Waals surface area contributed by atoms with Crippen molar-refractivity contribution in [3.8, 4) is 6.07 Å². The van der Waals surface area contributed by atoms with E-state index in [2.05, 4.69) is 21.6 Å². The van der Waals surface area contributed by atoms with Crippen molar-refractivity contribution in [3.63, 3.8) is 0 Å². The highest BCUT2D eigenvalue weighted by molar-refractivity contribution is 8.00. The molecule has 4 rings (SSSR count). The summed E-state index contributed by atoms with van der Waals surface area (Å²) in [6.07, 6.45) is 6.25. The number of sulfone groups is 1. The number of nitrogens with one attached hydrogen (secondary N) is 1. The number of nitriles is 1. The van der Waals surface area contributed by atoms with E-state index >= 15 is 0 Å². The third-order valence-corrected chi connectivity index (χ3v) is 9.63. The van der Waals surface area contributed by atoms with E-state index in [0.717, 1.165) is 43.0 Å². The van der Waals surface area contributed by atoms with Gasteiger partial charge in [0.15, 0.2) is 9.84 Å². The van der Waals surface area contributed by atoms with Gasteiger partial charge in [0.2, 0.25) is 11.8 Å². The van der Waals surface area contributed by atoms with Gasteiger partial charge in [-0.05, 0) is 50.5 Å². The summed E-state index contributed by atoms with van der Waals surface area (Å²) in [7, 11) is -2.95. The van der Waals surface area contributed by atoms with Crippen LogP contribution in [-0.2, 0) is 33.9 Å². The van der Waals surface area contributed by atoms with E-state index in [9.17, 15) is 18.5 Å². The maximum Gasteiger partial charge on any atom is 0.277 e. The number of aryl methyl sites for hydroxylation is 1. The number of aromatic nitrogens is 2. The van der Waals surface area contributed by atoms with Crippen LogP contribution in [0.4, 0.5) is 5.00 Å². The molecule has 0 radical (unpaired) electrons. The van der Waals surface area contributed by atoms with Crippen LogP contribution in [0.25, 0.3) is 0 Å². The van der Waals surface area contributed by atoms with Crippen LogP contribution in [-0.4, -0.2) is 41.3 Å². The fraction of sp³-hybridized carbons (Fsp3) is 0.600. The highest BCUT2D eigenvalue weighted by atomic mass is 32.2. The average Bonchev–Trinajstić information content (AvgIpc) is 3.34. The zero-order chi connectivity index (χ0) is 22.0. The number of amides is 1. The Hall–Kier alpha value is -1.90. The van der Waals surface area contributed by atoms with E-state index in [1.54, 1.807) is 6.92 Å². The van der Waals surface area contributed by atoms with E-state index in [4.69, 9.17) is 4.42 Å². The van der Waals surface area contributed by atoms with Gasteiger partial charge < -0.3 is 9.73 Å². The molecule has 0 bridgehead atoms. The maximum atomic E-state index is 12.7. The molecular weight excluding hydrogens is 456 g/mol. The first-order chi connectivity index (χ1) is 14.8. The molecule has 166 valence electrons. The Morgan fingerprint density at radius 3 is 2.90 bits per heavy atom. The first-order valence-corrected chi connectivity index (χ1v) is 13.9. The Morgan fingerprint density at radius 1 is 1.35 bits per heavy atom. The fourth-order valence-corrected chi connectivity index (χ4v) is 7.82. The number of anilines is 1. The van der Waals surface area contributed by atoms with Gasteiger partial charge >= 0.3 is 0 Å². The quantitative estimate of drug-likeness (QED) is 0.493. The van der Waals surface area contributed by atoms with Crippen LogP contribution in [0.5, 0.6) is 0 Å². The van der Waals surface area contributed by atoms with Crippen molar-refractivity contribution in [1.82, 2.24) is 10.2 Å². The summed E-state index contributed by atoms with van der Waals surface area (Å²) < 4.78 is 28.8. The van der Waals surface area contributed by atoms with Gasteiger partial charge in [-0.1, -0.05) is 18.2 Å². The largest absolute Gasteiger partial charge is 0.416 e. The summed E-state index contributed by atoms with van der Waals surface area (Å²) in [6.45, 7) is 1.75. The topological polar surface area (TPSA) is 126 Å². The molecule has 1 amide bonds. The summed E-state index contributed by atoms with van der Waals surface area (Å²) in [5.74, 6) is 0.539. The van der Waals surface area contributed by atoms with Crippen LogP contribution in [0.2, 0.25) is 0 Å². The number of hydrogen-bond donors (Lipinski definition) is 1. The summed E-state index contributed by atoms with van der Waals surface area (Å²) >= 11 is 2.66. The van der Waals surface area contributed by atoms with Crippen molar-refractivity contribution in [3.05, 3.63) is 21.9 Å². The molecule has 3 heterocycles. The lowest BCUT2D eigenvalue weighted by atomic mass is 10.1.